The SMILES string of the molecule is CC(C)c1nc(N)cc(Cc2nc3ccccc3s2)n1. The number of fused-ring (bicyclic) bond motifs is 1. The summed E-state index contributed by atoms with van der Waals surface area (Å²) in [7, 11) is 0. The van der Waals surface area contributed by atoms with Crippen molar-refractivity contribution in [2.45, 2.75) is 26.2 Å². The molecule has 20 heavy (non-hydrogen) atoms. The van der Waals surface area contributed by atoms with Crippen LogP contribution in [0.25, 0.3) is 10.2 Å². The zero-order chi connectivity index (χ0) is 14.1. The van der Waals surface area contributed by atoms with Gasteiger partial charge in [0.05, 0.1) is 20.9 Å². The summed E-state index contributed by atoms with van der Waals surface area (Å²) in [5.41, 5.74) is 7.83. The second kappa shape index (κ2) is 5.17. The number of anilines is 1. The molecule has 2 N–H and O–H groups in total. The predicted molar refractivity (Wildman–Crippen MR) is 83.0 cm³/mol. The van der Waals surface area contributed by atoms with Crippen LogP contribution in [0.5, 0.6) is 0 Å². The number of para-hydroxylation sites is 1. The lowest BCUT2D eigenvalue weighted by molar-refractivity contribution is 0.764. The zero-order valence-electron chi connectivity index (χ0n) is 11.5. The lowest BCUT2D eigenvalue weighted by atomic mass is 10.2. The summed E-state index contributed by atoms with van der Waals surface area (Å²) < 4.78 is 1.20. The van der Waals surface area contributed by atoms with Gasteiger partial charge in [-0.1, -0.05) is 26.0 Å². The molecule has 0 unspecified atom stereocenters. The Morgan fingerprint density at radius 3 is 2.70 bits per heavy atom. The van der Waals surface area contributed by atoms with Crippen LogP contribution in [0.1, 0.15) is 36.3 Å². The van der Waals surface area contributed by atoms with E-state index in [1.165, 1.54) is 4.70 Å². The predicted octanol–water partition coefficient (Wildman–Crippen LogP) is 3.38. The fourth-order valence-corrected chi connectivity index (χ4v) is 3.02. The Hall–Kier alpha value is -2.01. The van der Waals surface area contributed by atoms with E-state index in [4.69, 9.17) is 5.73 Å². The van der Waals surface area contributed by atoms with Crippen LogP contribution in [0.15, 0.2) is 30.3 Å². The van der Waals surface area contributed by atoms with Crippen LogP contribution in [0.2, 0.25) is 0 Å². The van der Waals surface area contributed by atoms with E-state index >= 15 is 0 Å². The minimum atomic E-state index is 0.271. The van der Waals surface area contributed by atoms with Crippen molar-refractivity contribution in [2.24, 2.45) is 0 Å². The van der Waals surface area contributed by atoms with E-state index in [0.29, 0.717) is 12.2 Å². The number of benzene rings is 1. The zero-order valence-corrected chi connectivity index (χ0v) is 12.3. The highest BCUT2D eigenvalue weighted by Crippen LogP contribution is 2.24. The average molecular weight is 284 g/mol. The van der Waals surface area contributed by atoms with Crippen molar-refractivity contribution >= 4 is 27.4 Å². The third-order valence-corrected chi connectivity index (χ3v) is 4.04. The van der Waals surface area contributed by atoms with Gasteiger partial charge in [0.2, 0.25) is 0 Å². The maximum absolute atomic E-state index is 5.86. The molecule has 0 aliphatic carbocycles. The maximum atomic E-state index is 5.86. The first kappa shape index (κ1) is 13.0. The van der Waals surface area contributed by atoms with Crippen molar-refractivity contribution < 1.29 is 0 Å². The van der Waals surface area contributed by atoms with Gasteiger partial charge in [0, 0.05) is 18.4 Å². The second-order valence-electron chi connectivity index (χ2n) is 5.05. The summed E-state index contributed by atoms with van der Waals surface area (Å²) >= 11 is 1.70. The lowest BCUT2D eigenvalue weighted by Crippen LogP contribution is -2.05. The van der Waals surface area contributed by atoms with Crippen molar-refractivity contribution in [3.63, 3.8) is 0 Å². The van der Waals surface area contributed by atoms with Crippen LogP contribution in [0.3, 0.4) is 0 Å². The number of nitrogens with two attached hydrogens (primary N) is 1. The van der Waals surface area contributed by atoms with Crippen molar-refractivity contribution in [1.29, 1.82) is 0 Å². The standard InChI is InChI=1S/C15H16N4S/c1-9(2)15-17-10(7-13(16)19-15)8-14-18-11-5-3-4-6-12(11)20-14/h3-7,9H,8H2,1-2H3,(H2,16,17,19). The first-order chi connectivity index (χ1) is 9.61. The van der Waals surface area contributed by atoms with E-state index in [1.54, 1.807) is 11.3 Å². The number of aromatic nitrogens is 3. The van der Waals surface area contributed by atoms with Crippen LogP contribution in [-0.4, -0.2) is 15.0 Å². The Morgan fingerprint density at radius 1 is 1.15 bits per heavy atom. The van der Waals surface area contributed by atoms with Gasteiger partial charge in [0.15, 0.2) is 0 Å². The highest BCUT2D eigenvalue weighted by atomic mass is 32.1. The van der Waals surface area contributed by atoms with E-state index in [1.807, 2.05) is 24.3 Å². The number of nitrogens with zero attached hydrogens (tertiary/aromatic N) is 3. The molecule has 4 nitrogen and oxygen atoms in total. The molecule has 0 atom stereocenters. The molecule has 2 heterocycles. The number of hydrogen-bond donors (Lipinski definition) is 1. The molecule has 0 bridgehead atoms. The highest BCUT2D eigenvalue weighted by molar-refractivity contribution is 7.18. The molecular weight excluding hydrogens is 268 g/mol. The van der Waals surface area contributed by atoms with Crippen molar-refractivity contribution in [2.75, 3.05) is 5.73 Å². The molecule has 0 radical (unpaired) electrons. The van der Waals surface area contributed by atoms with E-state index in [9.17, 15) is 0 Å². The Labute approximate surface area is 121 Å². The summed E-state index contributed by atoms with van der Waals surface area (Å²) in [6, 6.07) is 9.99. The molecule has 3 rings (SSSR count). The smallest absolute Gasteiger partial charge is 0.133 e. The molecule has 5 heteroatoms. The van der Waals surface area contributed by atoms with E-state index in [0.717, 1.165) is 22.0 Å². The molecule has 0 saturated heterocycles. The van der Waals surface area contributed by atoms with Gasteiger partial charge < -0.3 is 5.73 Å². The quantitative estimate of drug-likeness (QED) is 0.800. The van der Waals surface area contributed by atoms with Gasteiger partial charge in [0.1, 0.15) is 11.6 Å². The summed E-state index contributed by atoms with van der Waals surface area (Å²) in [6.07, 6.45) is 0.700. The van der Waals surface area contributed by atoms with E-state index in [2.05, 4.69) is 34.9 Å². The van der Waals surface area contributed by atoms with Crippen LogP contribution in [0.4, 0.5) is 5.82 Å². The third kappa shape index (κ3) is 2.63. The summed E-state index contributed by atoms with van der Waals surface area (Å²) in [5.74, 6) is 1.59. The Morgan fingerprint density at radius 2 is 1.95 bits per heavy atom. The van der Waals surface area contributed by atoms with Crippen molar-refractivity contribution in [1.82, 2.24) is 15.0 Å². The maximum Gasteiger partial charge on any atom is 0.133 e. The van der Waals surface area contributed by atoms with Gasteiger partial charge in [-0.25, -0.2) is 15.0 Å². The Bertz CT molecular complexity index is 715. The number of thiazole rings is 1. The van der Waals surface area contributed by atoms with Gasteiger partial charge in [-0.2, -0.15) is 0 Å². The van der Waals surface area contributed by atoms with Crippen LogP contribution in [-0.2, 0) is 6.42 Å². The van der Waals surface area contributed by atoms with Gasteiger partial charge in [-0.3, -0.25) is 0 Å². The monoisotopic (exact) mass is 284 g/mol. The molecule has 3 aromatic rings. The summed E-state index contributed by atoms with van der Waals surface area (Å²) in [4.78, 5) is 13.5. The normalized spacial score (nSPS) is 11.3. The molecule has 1 aromatic carbocycles. The first-order valence-electron chi connectivity index (χ1n) is 6.59. The van der Waals surface area contributed by atoms with Crippen molar-refractivity contribution in [3.05, 3.63) is 46.9 Å². The fourth-order valence-electron chi connectivity index (χ4n) is 2.04. The molecule has 0 spiro atoms. The minimum Gasteiger partial charge on any atom is -0.384 e. The van der Waals surface area contributed by atoms with Crippen LogP contribution < -0.4 is 5.73 Å². The summed E-state index contributed by atoms with van der Waals surface area (Å²) in [5, 5.41) is 1.05. The molecular formula is C15H16N4S. The largest absolute Gasteiger partial charge is 0.384 e. The molecule has 102 valence electrons. The molecule has 0 amide bonds. The first-order valence-corrected chi connectivity index (χ1v) is 7.41. The van der Waals surface area contributed by atoms with Crippen LogP contribution in [0, 0.1) is 0 Å². The van der Waals surface area contributed by atoms with Gasteiger partial charge >= 0.3 is 0 Å². The van der Waals surface area contributed by atoms with Gasteiger partial charge in [0.25, 0.3) is 0 Å². The minimum absolute atomic E-state index is 0.271. The van der Waals surface area contributed by atoms with Crippen molar-refractivity contribution in [3.8, 4) is 0 Å². The van der Waals surface area contributed by atoms with Crippen LogP contribution >= 0.6 is 11.3 Å². The van der Waals surface area contributed by atoms with E-state index in [-0.39, 0.29) is 5.92 Å². The summed E-state index contributed by atoms with van der Waals surface area (Å²) in [6.45, 7) is 4.13. The molecule has 0 aliphatic heterocycles. The molecule has 0 fully saturated rings. The topological polar surface area (TPSA) is 64.7 Å². The Kier molecular flexibility index (Phi) is 3.36. The average Bonchev–Trinajstić information content (AvgIpc) is 2.79. The highest BCUT2D eigenvalue weighted by Gasteiger charge is 2.09. The fraction of sp³-hybridized carbons (Fsp3) is 0.267. The number of rotatable bonds is 3. The molecule has 2 aromatic heterocycles. The second-order valence-corrected chi connectivity index (χ2v) is 6.16. The van der Waals surface area contributed by atoms with Gasteiger partial charge in [-0.05, 0) is 12.1 Å². The third-order valence-electron chi connectivity index (χ3n) is 3.00. The number of hydrogen-bond acceptors (Lipinski definition) is 5. The number of nitrogen functional groups attached to an aromatic ring is 1. The Balaban J connectivity index is 1.94. The van der Waals surface area contributed by atoms with Gasteiger partial charge in [-0.15, -0.1) is 11.3 Å². The lowest BCUT2D eigenvalue weighted by Gasteiger charge is -2.06. The molecule has 0 saturated carbocycles. The van der Waals surface area contributed by atoms with E-state index < -0.39 is 0 Å². The molecule has 0 aliphatic rings.